The molecule has 0 fully saturated rings. The van der Waals surface area contributed by atoms with E-state index in [9.17, 15) is 18.0 Å². The van der Waals surface area contributed by atoms with Crippen molar-refractivity contribution in [3.05, 3.63) is 39.9 Å². The van der Waals surface area contributed by atoms with E-state index in [1.165, 1.54) is 12.1 Å². The van der Waals surface area contributed by atoms with Crippen LogP contribution in [0.25, 0.3) is 6.08 Å². The van der Waals surface area contributed by atoms with Crippen LogP contribution in [0.2, 0.25) is 0 Å². The molecule has 0 N–H and O–H groups in total. The van der Waals surface area contributed by atoms with Crippen LogP contribution in [0.5, 0.6) is 0 Å². The summed E-state index contributed by atoms with van der Waals surface area (Å²) in [5, 5.41) is 0. The second-order valence-electron chi connectivity index (χ2n) is 3.10. The molecule has 0 atom stereocenters. The number of ether oxygens (including phenoxy) is 1. The van der Waals surface area contributed by atoms with Crippen LogP contribution in [0.3, 0.4) is 0 Å². The van der Waals surface area contributed by atoms with E-state index in [1.807, 2.05) is 0 Å². The molecule has 1 rings (SSSR count). The van der Waals surface area contributed by atoms with Gasteiger partial charge in [0.1, 0.15) is 5.57 Å². The van der Waals surface area contributed by atoms with Crippen molar-refractivity contribution in [3.8, 4) is 0 Å². The fourth-order valence-corrected chi connectivity index (χ4v) is 1.36. The molecule has 0 aromatic heterocycles. The third-order valence-corrected chi connectivity index (χ3v) is 2.42. The summed E-state index contributed by atoms with van der Waals surface area (Å²) in [6.07, 6.45) is -3.99. The van der Waals surface area contributed by atoms with Gasteiger partial charge in [-0.15, -0.1) is 0 Å². The number of esters is 1. The molecule has 0 unspecified atom stereocenters. The first-order valence-corrected chi connectivity index (χ1v) is 5.26. The van der Waals surface area contributed by atoms with Crippen LogP contribution in [0.1, 0.15) is 5.56 Å². The van der Waals surface area contributed by atoms with Gasteiger partial charge in [-0.25, -0.2) is 4.79 Å². The van der Waals surface area contributed by atoms with E-state index < -0.39 is 17.7 Å². The quantitative estimate of drug-likeness (QED) is 0.617. The summed E-state index contributed by atoms with van der Waals surface area (Å²) in [4.78, 5) is 11.0. The predicted molar refractivity (Wildman–Crippen MR) is 60.2 cm³/mol. The molecule has 0 amide bonds. The first-order valence-electron chi connectivity index (χ1n) is 4.47. The van der Waals surface area contributed by atoms with Crippen molar-refractivity contribution in [2.24, 2.45) is 0 Å². The van der Waals surface area contributed by atoms with Crippen LogP contribution < -0.4 is 0 Å². The zero-order chi connectivity index (χ0) is 13.1. The standard InChI is InChI=1S/C11H8BrF3O2/c1-17-10(16)9(11(13,14)15)6-7-2-4-8(12)5-3-7/h2-6H,1H3/b9-6+. The molecule has 0 aliphatic heterocycles. The predicted octanol–water partition coefficient (Wildman–Crippen LogP) is 3.57. The zero-order valence-electron chi connectivity index (χ0n) is 8.72. The van der Waals surface area contributed by atoms with Gasteiger partial charge in [-0.3, -0.25) is 0 Å². The van der Waals surface area contributed by atoms with Crippen LogP contribution in [0.4, 0.5) is 13.2 Å². The minimum atomic E-state index is -4.74. The Hall–Kier alpha value is -1.30. The lowest BCUT2D eigenvalue weighted by atomic mass is 10.1. The molecule has 17 heavy (non-hydrogen) atoms. The number of methoxy groups -OCH3 is 1. The van der Waals surface area contributed by atoms with Crippen molar-refractivity contribution in [1.82, 2.24) is 0 Å². The third kappa shape index (κ3) is 3.89. The number of alkyl halides is 3. The largest absolute Gasteiger partial charge is 0.465 e. The number of halogens is 4. The maximum atomic E-state index is 12.5. The molecule has 0 saturated carbocycles. The topological polar surface area (TPSA) is 26.3 Å². The summed E-state index contributed by atoms with van der Waals surface area (Å²) in [5.41, 5.74) is -1.06. The van der Waals surface area contributed by atoms with Gasteiger partial charge < -0.3 is 4.74 Å². The van der Waals surface area contributed by atoms with Gasteiger partial charge in [0, 0.05) is 4.47 Å². The lowest BCUT2D eigenvalue weighted by Gasteiger charge is -2.09. The summed E-state index contributed by atoms with van der Waals surface area (Å²) >= 11 is 3.16. The van der Waals surface area contributed by atoms with E-state index in [1.54, 1.807) is 12.1 Å². The average Bonchev–Trinajstić information content (AvgIpc) is 2.25. The van der Waals surface area contributed by atoms with Gasteiger partial charge in [-0.05, 0) is 23.8 Å². The zero-order valence-corrected chi connectivity index (χ0v) is 10.3. The minimum Gasteiger partial charge on any atom is -0.465 e. The fraction of sp³-hybridized carbons (Fsp3) is 0.182. The molecular weight excluding hydrogens is 301 g/mol. The van der Waals surface area contributed by atoms with Crippen molar-refractivity contribution in [1.29, 1.82) is 0 Å². The third-order valence-electron chi connectivity index (χ3n) is 1.89. The molecule has 0 heterocycles. The van der Waals surface area contributed by atoms with Gasteiger partial charge in [0.2, 0.25) is 0 Å². The second-order valence-corrected chi connectivity index (χ2v) is 4.01. The molecule has 6 heteroatoms. The Morgan fingerprint density at radius 3 is 2.24 bits per heavy atom. The molecule has 92 valence electrons. The van der Waals surface area contributed by atoms with Gasteiger partial charge in [-0.2, -0.15) is 13.2 Å². The first-order chi connectivity index (χ1) is 7.84. The first kappa shape index (κ1) is 13.8. The van der Waals surface area contributed by atoms with E-state index >= 15 is 0 Å². The van der Waals surface area contributed by atoms with Crippen LogP contribution >= 0.6 is 15.9 Å². The second kappa shape index (κ2) is 5.35. The van der Waals surface area contributed by atoms with E-state index in [0.29, 0.717) is 0 Å². The molecule has 1 aromatic carbocycles. The van der Waals surface area contributed by atoms with Crippen molar-refractivity contribution in [2.75, 3.05) is 7.11 Å². The maximum absolute atomic E-state index is 12.5. The summed E-state index contributed by atoms with van der Waals surface area (Å²) in [7, 11) is 0.906. The van der Waals surface area contributed by atoms with E-state index in [2.05, 4.69) is 20.7 Å². The highest BCUT2D eigenvalue weighted by Gasteiger charge is 2.39. The number of hydrogen-bond acceptors (Lipinski definition) is 2. The Labute approximate surface area is 104 Å². The van der Waals surface area contributed by atoms with Crippen LogP contribution in [-0.4, -0.2) is 19.3 Å². The van der Waals surface area contributed by atoms with Crippen molar-refractivity contribution < 1.29 is 22.7 Å². The van der Waals surface area contributed by atoms with E-state index in [-0.39, 0.29) is 5.56 Å². The summed E-state index contributed by atoms with van der Waals surface area (Å²) in [5.74, 6) is -1.40. The molecule has 0 radical (unpaired) electrons. The van der Waals surface area contributed by atoms with Gasteiger partial charge in [0.15, 0.2) is 0 Å². The molecule has 0 aliphatic carbocycles. The highest BCUT2D eigenvalue weighted by molar-refractivity contribution is 9.10. The highest BCUT2D eigenvalue weighted by Crippen LogP contribution is 2.28. The van der Waals surface area contributed by atoms with Crippen molar-refractivity contribution in [3.63, 3.8) is 0 Å². The molecule has 0 aliphatic rings. The number of hydrogen-bond donors (Lipinski definition) is 0. The lowest BCUT2D eigenvalue weighted by molar-refractivity contribution is -0.147. The maximum Gasteiger partial charge on any atom is 0.423 e. The van der Waals surface area contributed by atoms with E-state index in [0.717, 1.165) is 17.7 Å². The SMILES string of the molecule is COC(=O)/C(=C\c1ccc(Br)cc1)C(F)(F)F. The van der Waals surface area contributed by atoms with Gasteiger partial charge in [0.25, 0.3) is 0 Å². The summed E-state index contributed by atoms with van der Waals surface area (Å²) in [6, 6.07) is 6.08. The monoisotopic (exact) mass is 308 g/mol. The Morgan fingerprint density at radius 1 is 1.29 bits per heavy atom. The van der Waals surface area contributed by atoms with Crippen molar-refractivity contribution in [2.45, 2.75) is 6.18 Å². The Balaban J connectivity index is 3.14. The Bertz CT molecular complexity index is 435. The molecule has 0 bridgehead atoms. The minimum absolute atomic E-state index is 0.269. The van der Waals surface area contributed by atoms with Crippen LogP contribution in [0, 0.1) is 0 Å². The average molecular weight is 309 g/mol. The van der Waals surface area contributed by atoms with Crippen molar-refractivity contribution >= 4 is 28.0 Å². The molecule has 0 saturated heterocycles. The molecule has 0 spiro atoms. The van der Waals surface area contributed by atoms with Gasteiger partial charge >= 0.3 is 12.1 Å². The van der Waals surface area contributed by atoms with E-state index in [4.69, 9.17) is 0 Å². The van der Waals surface area contributed by atoms with Gasteiger partial charge in [-0.1, -0.05) is 28.1 Å². The van der Waals surface area contributed by atoms with Crippen LogP contribution in [0.15, 0.2) is 34.3 Å². The number of carbonyl (C=O) groups excluding carboxylic acids is 1. The lowest BCUT2D eigenvalue weighted by Crippen LogP contribution is -2.21. The Kier molecular flexibility index (Phi) is 4.34. The Morgan fingerprint density at radius 2 is 1.82 bits per heavy atom. The van der Waals surface area contributed by atoms with Crippen LogP contribution in [-0.2, 0) is 9.53 Å². The summed E-state index contributed by atoms with van der Waals surface area (Å²) in [6.45, 7) is 0. The normalized spacial score (nSPS) is 12.4. The fourth-order valence-electron chi connectivity index (χ4n) is 1.09. The number of rotatable bonds is 2. The number of carbonyl (C=O) groups is 1. The summed E-state index contributed by atoms with van der Waals surface area (Å²) < 4.78 is 42.5. The van der Waals surface area contributed by atoms with Gasteiger partial charge in [0.05, 0.1) is 7.11 Å². The molecule has 2 nitrogen and oxygen atoms in total. The number of benzene rings is 1. The molecule has 1 aromatic rings. The molecular formula is C11H8BrF3O2. The smallest absolute Gasteiger partial charge is 0.423 e. The highest BCUT2D eigenvalue weighted by atomic mass is 79.9.